The smallest absolute Gasteiger partial charge is 0.250 e. The molecule has 2 heterocycles. The molecule has 2 N–H and O–H groups in total. The first-order valence-corrected chi connectivity index (χ1v) is 12.3. The summed E-state index contributed by atoms with van der Waals surface area (Å²) in [5.74, 6) is 6.04. The number of anilines is 1. The lowest BCUT2D eigenvalue weighted by atomic mass is 9.89. The summed E-state index contributed by atoms with van der Waals surface area (Å²) >= 11 is 0. The van der Waals surface area contributed by atoms with Crippen LogP contribution >= 0.6 is 0 Å². The van der Waals surface area contributed by atoms with Crippen molar-refractivity contribution in [1.29, 1.82) is 0 Å². The van der Waals surface area contributed by atoms with Gasteiger partial charge in [-0.1, -0.05) is 39.0 Å². The molecule has 3 rings (SSSR count). The fourth-order valence-corrected chi connectivity index (χ4v) is 4.18. The van der Waals surface area contributed by atoms with E-state index in [9.17, 15) is 4.79 Å². The predicted octanol–water partition coefficient (Wildman–Crippen LogP) is 4.43. The normalized spacial score (nSPS) is 17.5. The summed E-state index contributed by atoms with van der Waals surface area (Å²) in [7, 11) is -1.82. The van der Waals surface area contributed by atoms with E-state index in [1.54, 1.807) is 11.2 Å². The second-order valence-corrected chi connectivity index (χ2v) is 13.5. The van der Waals surface area contributed by atoms with Gasteiger partial charge in [0.2, 0.25) is 5.91 Å². The minimum Gasteiger partial charge on any atom is -0.417 e. The highest BCUT2D eigenvalue weighted by Gasteiger charge is 2.37. The van der Waals surface area contributed by atoms with Crippen LogP contribution in [0.2, 0.25) is 18.1 Å². The average Bonchev–Trinajstić information content (AvgIpc) is 2.71. The van der Waals surface area contributed by atoms with Gasteiger partial charge in [-0.05, 0) is 42.3 Å². The summed E-state index contributed by atoms with van der Waals surface area (Å²) in [5.41, 5.74) is 4.71. The van der Waals surface area contributed by atoms with E-state index in [1.807, 2.05) is 30.3 Å². The van der Waals surface area contributed by atoms with Gasteiger partial charge >= 0.3 is 0 Å². The highest BCUT2D eigenvalue weighted by atomic mass is 28.4. The Hall–Kier alpha value is -2.02. The van der Waals surface area contributed by atoms with Crippen LogP contribution in [-0.2, 0) is 9.22 Å². The van der Waals surface area contributed by atoms with Crippen LogP contribution in [0.5, 0.6) is 0 Å². The number of hydrogen-bond donors (Lipinski definition) is 1. The number of nitrogens with two attached hydrogens (primary N) is 1. The number of benzene rings is 1. The van der Waals surface area contributed by atoms with E-state index < -0.39 is 8.32 Å². The molecule has 1 amide bonds. The summed E-state index contributed by atoms with van der Waals surface area (Å²) in [6.07, 6.45) is 4.64. The molecular formula is C21H29N3O2Si. The van der Waals surface area contributed by atoms with E-state index in [-0.39, 0.29) is 10.9 Å². The number of amides is 1. The molecule has 2 aliphatic heterocycles. The fraction of sp³-hybridized carbons (Fsp3) is 0.429. The van der Waals surface area contributed by atoms with Crippen molar-refractivity contribution >= 4 is 31.2 Å². The molecule has 6 heteroatoms. The second kappa shape index (κ2) is 7.18. The van der Waals surface area contributed by atoms with E-state index in [1.165, 1.54) is 0 Å². The van der Waals surface area contributed by atoms with Gasteiger partial charge in [0.15, 0.2) is 8.32 Å². The van der Waals surface area contributed by atoms with Crippen molar-refractivity contribution in [3.63, 3.8) is 0 Å². The predicted molar refractivity (Wildman–Crippen MR) is 114 cm³/mol. The molecule has 0 atom stereocenters. The molecule has 2 aliphatic rings. The molecule has 5 nitrogen and oxygen atoms in total. The first kappa shape index (κ1) is 19.7. The Labute approximate surface area is 162 Å². The fourth-order valence-electron chi connectivity index (χ4n) is 3.13. The zero-order chi connectivity index (χ0) is 19.8. The molecular weight excluding hydrogens is 354 g/mol. The standard InChI is InChI=1S/C21H29N3O2Si/c1-21(2,3)27(4,5)26-13-11-15-14-19(25)23-17-10-12-24(22)18-9-7-6-8-16(18)20(15)17/h6-10,12H,11,13-14,22H2,1-5H3. The van der Waals surface area contributed by atoms with Gasteiger partial charge in [-0.25, -0.2) is 10.8 Å². The van der Waals surface area contributed by atoms with Crippen LogP contribution in [0.25, 0.3) is 5.57 Å². The zero-order valence-corrected chi connectivity index (χ0v) is 17.9. The lowest BCUT2D eigenvalue weighted by Crippen LogP contribution is -2.41. The second-order valence-electron chi connectivity index (χ2n) is 8.65. The molecule has 0 aromatic heterocycles. The van der Waals surface area contributed by atoms with Gasteiger partial charge in [-0.2, -0.15) is 0 Å². The summed E-state index contributed by atoms with van der Waals surface area (Å²) in [5, 5.41) is 1.74. The summed E-state index contributed by atoms with van der Waals surface area (Å²) in [4.78, 5) is 16.5. The van der Waals surface area contributed by atoms with E-state index in [4.69, 9.17) is 10.3 Å². The third-order valence-electron chi connectivity index (χ3n) is 5.74. The van der Waals surface area contributed by atoms with Crippen LogP contribution in [-0.4, -0.2) is 26.5 Å². The van der Waals surface area contributed by atoms with Gasteiger partial charge in [-0.3, -0.25) is 9.80 Å². The largest absolute Gasteiger partial charge is 0.417 e. The number of carbonyl (C=O) groups excluding carboxylic acids is 1. The Kier molecular flexibility index (Phi) is 5.25. The van der Waals surface area contributed by atoms with Gasteiger partial charge in [0, 0.05) is 23.9 Å². The highest BCUT2D eigenvalue weighted by Crippen LogP contribution is 2.38. The molecule has 0 bridgehead atoms. The number of fused-ring (bicyclic) bond motifs is 3. The van der Waals surface area contributed by atoms with Crippen molar-refractivity contribution < 1.29 is 9.22 Å². The van der Waals surface area contributed by atoms with E-state index in [0.717, 1.165) is 28.8 Å². The van der Waals surface area contributed by atoms with Crippen molar-refractivity contribution in [3.05, 3.63) is 47.7 Å². The van der Waals surface area contributed by atoms with Gasteiger partial charge < -0.3 is 4.43 Å². The quantitative estimate of drug-likeness (QED) is 0.617. The maximum absolute atomic E-state index is 12.2. The number of dihydropyridines is 1. The first-order chi connectivity index (χ1) is 12.6. The Balaban J connectivity index is 1.95. The third kappa shape index (κ3) is 3.97. The molecule has 144 valence electrons. The molecule has 1 aromatic carbocycles. The molecule has 0 spiro atoms. The minimum atomic E-state index is -1.82. The van der Waals surface area contributed by atoms with Crippen LogP contribution in [0.4, 0.5) is 5.69 Å². The summed E-state index contributed by atoms with van der Waals surface area (Å²) in [6.45, 7) is 11.8. The number of rotatable bonds is 4. The lowest BCUT2D eigenvalue weighted by Gasteiger charge is -2.36. The van der Waals surface area contributed by atoms with E-state index in [2.05, 4.69) is 38.9 Å². The van der Waals surface area contributed by atoms with Gasteiger partial charge in [-0.15, -0.1) is 0 Å². The molecule has 27 heavy (non-hydrogen) atoms. The monoisotopic (exact) mass is 383 g/mol. The number of aliphatic imine (C=N–C) groups is 1. The number of hydrazine groups is 1. The zero-order valence-electron chi connectivity index (χ0n) is 16.9. The SMILES string of the molecule is CC(C)(C)[Si](C)(C)OCCC1=C2C(=NC(=O)C1)C=CN(N)c1ccccc12. The summed E-state index contributed by atoms with van der Waals surface area (Å²) in [6, 6.07) is 7.97. The van der Waals surface area contributed by atoms with Crippen LogP contribution in [0, 0.1) is 0 Å². The number of allylic oxidation sites excluding steroid dienone is 2. The van der Waals surface area contributed by atoms with Crippen molar-refractivity contribution in [2.24, 2.45) is 10.8 Å². The highest BCUT2D eigenvalue weighted by molar-refractivity contribution is 6.74. The molecule has 0 aliphatic carbocycles. The molecule has 0 saturated heterocycles. The minimum absolute atomic E-state index is 0.108. The molecule has 0 radical (unpaired) electrons. The van der Waals surface area contributed by atoms with Crippen molar-refractivity contribution in [3.8, 4) is 0 Å². The van der Waals surface area contributed by atoms with Crippen LogP contribution in [0.1, 0.15) is 39.2 Å². The van der Waals surface area contributed by atoms with Gasteiger partial charge in [0.05, 0.1) is 17.8 Å². The Morgan fingerprint density at radius 2 is 1.96 bits per heavy atom. The molecule has 1 aromatic rings. The van der Waals surface area contributed by atoms with Crippen molar-refractivity contribution in [2.45, 2.75) is 51.7 Å². The Bertz CT molecular complexity index is 847. The van der Waals surface area contributed by atoms with Crippen LogP contribution in [0.15, 0.2) is 47.1 Å². The van der Waals surface area contributed by atoms with Crippen LogP contribution < -0.4 is 10.9 Å². The molecule has 0 saturated carbocycles. The summed E-state index contributed by atoms with van der Waals surface area (Å²) < 4.78 is 6.35. The average molecular weight is 384 g/mol. The Morgan fingerprint density at radius 1 is 1.26 bits per heavy atom. The lowest BCUT2D eigenvalue weighted by molar-refractivity contribution is -0.117. The Morgan fingerprint density at radius 3 is 2.67 bits per heavy atom. The van der Waals surface area contributed by atoms with E-state index in [0.29, 0.717) is 18.7 Å². The maximum Gasteiger partial charge on any atom is 0.250 e. The molecule has 0 unspecified atom stereocenters. The number of para-hydroxylation sites is 1. The van der Waals surface area contributed by atoms with Gasteiger partial charge in [0.25, 0.3) is 0 Å². The number of hydrogen-bond acceptors (Lipinski definition) is 4. The first-order valence-electron chi connectivity index (χ1n) is 9.39. The van der Waals surface area contributed by atoms with Crippen molar-refractivity contribution in [1.82, 2.24) is 0 Å². The maximum atomic E-state index is 12.2. The van der Waals surface area contributed by atoms with E-state index >= 15 is 0 Å². The third-order valence-corrected chi connectivity index (χ3v) is 10.3. The number of carbonyl (C=O) groups is 1. The molecule has 0 fully saturated rings. The van der Waals surface area contributed by atoms with Gasteiger partial charge in [0.1, 0.15) is 0 Å². The topological polar surface area (TPSA) is 67.9 Å². The van der Waals surface area contributed by atoms with Crippen molar-refractivity contribution in [2.75, 3.05) is 11.6 Å². The van der Waals surface area contributed by atoms with Crippen LogP contribution in [0.3, 0.4) is 0 Å². The number of nitrogens with zero attached hydrogens (tertiary/aromatic N) is 2.